The molecule has 0 saturated heterocycles. The van der Waals surface area contributed by atoms with Crippen LogP contribution >= 0.6 is 0 Å². The summed E-state index contributed by atoms with van der Waals surface area (Å²) >= 11 is 0. The molecule has 6 nitrogen and oxygen atoms in total. The number of hydrogen-bond acceptors (Lipinski definition) is 5. The van der Waals surface area contributed by atoms with Gasteiger partial charge in [0.05, 0.1) is 30.8 Å². The molecule has 1 aromatic carbocycles. The summed E-state index contributed by atoms with van der Waals surface area (Å²) in [6.07, 6.45) is 4.59. The van der Waals surface area contributed by atoms with Gasteiger partial charge in [-0.05, 0) is 31.5 Å². The summed E-state index contributed by atoms with van der Waals surface area (Å²) in [6, 6.07) is 5.80. The minimum absolute atomic E-state index is 0.664. The molecule has 2 N–H and O–H groups in total. The molecule has 6 heteroatoms. The molecule has 0 fully saturated rings. The predicted octanol–water partition coefficient (Wildman–Crippen LogP) is 1.32. The molecular weight excluding hydrogens is 256 g/mol. The maximum atomic E-state index is 5.68. The molecule has 0 saturated carbocycles. The molecule has 106 valence electrons. The third-order valence-electron chi connectivity index (χ3n) is 3.17. The van der Waals surface area contributed by atoms with E-state index in [1.807, 2.05) is 24.4 Å². The Hall–Kier alpha value is -2.08. The van der Waals surface area contributed by atoms with Crippen molar-refractivity contribution < 1.29 is 9.47 Å². The van der Waals surface area contributed by atoms with Gasteiger partial charge in [0.25, 0.3) is 0 Å². The van der Waals surface area contributed by atoms with Crippen LogP contribution in [-0.2, 0) is 6.42 Å². The molecule has 1 aromatic heterocycles. The average Bonchev–Trinajstić information content (AvgIpc) is 2.82. The van der Waals surface area contributed by atoms with E-state index in [2.05, 4.69) is 10.3 Å². The van der Waals surface area contributed by atoms with Crippen LogP contribution in [0.4, 0.5) is 0 Å². The summed E-state index contributed by atoms with van der Waals surface area (Å²) in [7, 11) is 0. The summed E-state index contributed by atoms with van der Waals surface area (Å²) in [5.74, 6) is 1.55. The van der Waals surface area contributed by atoms with Crippen LogP contribution in [-0.4, -0.2) is 34.8 Å². The molecule has 2 heterocycles. The first-order valence-corrected chi connectivity index (χ1v) is 6.88. The first-order chi connectivity index (χ1) is 9.86. The van der Waals surface area contributed by atoms with Crippen molar-refractivity contribution in [2.45, 2.75) is 19.3 Å². The van der Waals surface area contributed by atoms with E-state index in [1.54, 1.807) is 4.68 Å². The van der Waals surface area contributed by atoms with Gasteiger partial charge in [-0.15, -0.1) is 5.10 Å². The number of fused-ring (bicyclic) bond motifs is 1. The summed E-state index contributed by atoms with van der Waals surface area (Å²) in [5.41, 5.74) is 7.36. The third-order valence-corrected chi connectivity index (χ3v) is 3.17. The van der Waals surface area contributed by atoms with Crippen LogP contribution in [0.5, 0.6) is 11.5 Å². The SMILES string of the molecule is NCCCc1cn(-c2ccc3c(c2)OCCCO3)nn1. The molecule has 1 aliphatic heterocycles. The fourth-order valence-electron chi connectivity index (χ4n) is 2.12. The molecule has 0 bridgehead atoms. The van der Waals surface area contributed by atoms with Crippen molar-refractivity contribution >= 4 is 0 Å². The molecule has 1 aliphatic rings. The van der Waals surface area contributed by atoms with Crippen LogP contribution in [0.3, 0.4) is 0 Å². The van der Waals surface area contributed by atoms with E-state index in [-0.39, 0.29) is 0 Å². The number of aryl methyl sites for hydroxylation is 1. The van der Waals surface area contributed by atoms with E-state index in [0.29, 0.717) is 19.8 Å². The molecule has 0 spiro atoms. The second-order valence-electron chi connectivity index (χ2n) is 4.73. The van der Waals surface area contributed by atoms with Crippen molar-refractivity contribution in [3.05, 3.63) is 30.1 Å². The van der Waals surface area contributed by atoms with E-state index in [0.717, 1.165) is 42.1 Å². The van der Waals surface area contributed by atoms with Crippen molar-refractivity contribution in [1.82, 2.24) is 15.0 Å². The van der Waals surface area contributed by atoms with Gasteiger partial charge >= 0.3 is 0 Å². The van der Waals surface area contributed by atoms with Gasteiger partial charge in [-0.3, -0.25) is 0 Å². The van der Waals surface area contributed by atoms with Crippen molar-refractivity contribution in [3.63, 3.8) is 0 Å². The van der Waals surface area contributed by atoms with Crippen molar-refractivity contribution in [3.8, 4) is 17.2 Å². The van der Waals surface area contributed by atoms with Gasteiger partial charge in [-0.2, -0.15) is 0 Å². The number of nitrogens with zero attached hydrogens (tertiary/aromatic N) is 3. The van der Waals surface area contributed by atoms with E-state index < -0.39 is 0 Å². The van der Waals surface area contributed by atoms with Gasteiger partial charge in [0.15, 0.2) is 11.5 Å². The van der Waals surface area contributed by atoms with Crippen molar-refractivity contribution in [2.24, 2.45) is 5.73 Å². The Labute approximate surface area is 117 Å². The first kappa shape index (κ1) is 12.9. The second kappa shape index (κ2) is 5.92. The molecule has 20 heavy (non-hydrogen) atoms. The van der Waals surface area contributed by atoms with E-state index in [1.165, 1.54) is 0 Å². The Kier molecular flexibility index (Phi) is 3.83. The summed E-state index contributed by atoms with van der Waals surface area (Å²) in [6.45, 7) is 2.03. The largest absolute Gasteiger partial charge is 0.490 e. The Bertz CT molecular complexity index is 582. The lowest BCUT2D eigenvalue weighted by Gasteiger charge is -2.08. The predicted molar refractivity (Wildman–Crippen MR) is 74.3 cm³/mol. The minimum Gasteiger partial charge on any atom is -0.490 e. The van der Waals surface area contributed by atoms with Crippen LogP contribution in [0.2, 0.25) is 0 Å². The molecule has 2 aromatic rings. The average molecular weight is 274 g/mol. The lowest BCUT2D eigenvalue weighted by molar-refractivity contribution is 0.297. The Morgan fingerprint density at radius 3 is 2.90 bits per heavy atom. The van der Waals surface area contributed by atoms with Crippen LogP contribution in [0.25, 0.3) is 5.69 Å². The Balaban J connectivity index is 1.83. The fourth-order valence-corrected chi connectivity index (χ4v) is 2.12. The highest BCUT2D eigenvalue weighted by molar-refractivity contribution is 5.48. The summed E-state index contributed by atoms with van der Waals surface area (Å²) in [5, 5.41) is 8.29. The second-order valence-corrected chi connectivity index (χ2v) is 4.73. The smallest absolute Gasteiger partial charge is 0.163 e. The van der Waals surface area contributed by atoms with Gasteiger partial charge in [-0.1, -0.05) is 5.21 Å². The molecule has 3 rings (SSSR count). The minimum atomic E-state index is 0.664. The maximum absolute atomic E-state index is 5.68. The van der Waals surface area contributed by atoms with Gasteiger partial charge in [0.2, 0.25) is 0 Å². The zero-order valence-corrected chi connectivity index (χ0v) is 11.3. The highest BCUT2D eigenvalue weighted by Crippen LogP contribution is 2.31. The maximum Gasteiger partial charge on any atom is 0.163 e. The first-order valence-electron chi connectivity index (χ1n) is 6.88. The standard InChI is InChI=1S/C14H18N4O2/c15-6-1-3-11-10-18(17-16-11)12-4-5-13-14(9-12)20-8-2-7-19-13/h4-5,9-10H,1-3,6-8,15H2. The Morgan fingerprint density at radius 2 is 2.05 bits per heavy atom. The van der Waals surface area contributed by atoms with Gasteiger partial charge in [0.1, 0.15) is 0 Å². The summed E-state index contributed by atoms with van der Waals surface area (Å²) < 4.78 is 13.0. The molecule has 0 amide bonds. The quantitative estimate of drug-likeness (QED) is 0.910. The lowest BCUT2D eigenvalue weighted by atomic mass is 10.2. The molecular formula is C14H18N4O2. The highest BCUT2D eigenvalue weighted by Gasteiger charge is 2.12. The molecule has 0 radical (unpaired) electrons. The van der Waals surface area contributed by atoms with E-state index >= 15 is 0 Å². The summed E-state index contributed by atoms with van der Waals surface area (Å²) in [4.78, 5) is 0. The highest BCUT2D eigenvalue weighted by atomic mass is 16.5. The number of rotatable bonds is 4. The zero-order valence-electron chi connectivity index (χ0n) is 11.3. The van der Waals surface area contributed by atoms with Crippen LogP contribution in [0.15, 0.2) is 24.4 Å². The van der Waals surface area contributed by atoms with Gasteiger partial charge in [-0.25, -0.2) is 4.68 Å². The van der Waals surface area contributed by atoms with Crippen molar-refractivity contribution in [2.75, 3.05) is 19.8 Å². The van der Waals surface area contributed by atoms with Gasteiger partial charge in [0, 0.05) is 12.5 Å². The van der Waals surface area contributed by atoms with Crippen molar-refractivity contribution in [1.29, 1.82) is 0 Å². The number of ether oxygens (including phenoxy) is 2. The molecule has 0 atom stereocenters. The lowest BCUT2D eigenvalue weighted by Crippen LogP contribution is -2.00. The Morgan fingerprint density at radius 1 is 1.20 bits per heavy atom. The van der Waals surface area contributed by atoms with Gasteiger partial charge < -0.3 is 15.2 Å². The van der Waals surface area contributed by atoms with Crippen LogP contribution < -0.4 is 15.2 Å². The molecule has 0 unspecified atom stereocenters. The zero-order chi connectivity index (χ0) is 13.8. The van der Waals surface area contributed by atoms with E-state index in [9.17, 15) is 0 Å². The monoisotopic (exact) mass is 274 g/mol. The number of aromatic nitrogens is 3. The van der Waals surface area contributed by atoms with Crippen LogP contribution in [0, 0.1) is 0 Å². The normalized spacial score (nSPS) is 14.1. The van der Waals surface area contributed by atoms with E-state index in [4.69, 9.17) is 15.2 Å². The fraction of sp³-hybridized carbons (Fsp3) is 0.429. The molecule has 0 aliphatic carbocycles. The number of hydrogen-bond donors (Lipinski definition) is 1. The topological polar surface area (TPSA) is 75.2 Å². The number of benzene rings is 1. The third kappa shape index (κ3) is 2.75. The number of nitrogens with two attached hydrogens (primary N) is 1. The van der Waals surface area contributed by atoms with Crippen LogP contribution in [0.1, 0.15) is 18.5 Å².